The highest BCUT2D eigenvalue weighted by Crippen LogP contribution is 2.05. The second-order valence-electron chi connectivity index (χ2n) is 5.22. The molecule has 0 aromatic rings. The summed E-state index contributed by atoms with van der Waals surface area (Å²) in [5.41, 5.74) is -0.944. The van der Waals surface area contributed by atoms with Crippen molar-refractivity contribution in [3.63, 3.8) is 0 Å². The van der Waals surface area contributed by atoms with Gasteiger partial charge in [-0.2, -0.15) is 0 Å². The molecular weight excluding hydrogens is 236 g/mol. The summed E-state index contributed by atoms with van der Waals surface area (Å²) in [4.78, 5) is 23.8. The minimum Gasteiger partial charge on any atom is -0.481 e. The summed E-state index contributed by atoms with van der Waals surface area (Å²) >= 11 is 0. The summed E-state index contributed by atoms with van der Waals surface area (Å²) in [6.45, 7) is 7.90. The van der Waals surface area contributed by atoms with Crippen LogP contribution >= 0.6 is 0 Å². The number of aliphatic carboxylic acids is 1. The molecule has 1 atom stereocenters. The van der Waals surface area contributed by atoms with E-state index < -0.39 is 11.6 Å². The van der Waals surface area contributed by atoms with Crippen molar-refractivity contribution >= 4 is 12.0 Å². The van der Waals surface area contributed by atoms with Crippen molar-refractivity contribution in [1.82, 2.24) is 10.2 Å². The number of carbonyl (C=O) groups is 2. The number of rotatable bonds is 7. The Labute approximate surface area is 108 Å². The molecule has 0 aliphatic rings. The fraction of sp³-hybridized carbons (Fsp3) is 0.833. The van der Waals surface area contributed by atoms with Crippen molar-refractivity contribution in [3.8, 4) is 0 Å². The number of nitrogens with zero attached hydrogens (tertiary/aromatic N) is 1. The van der Waals surface area contributed by atoms with Gasteiger partial charge in [0.15, 0.2) is 0 Å². The molecule has 6 nitrogen and oxygen atoms in total. The molecule has 0 aromatic heterocycles. The average molecular weight is 260 g/mol. The maximum atomic E-state index is 11.8. The Morgan fingerprint density at radius 1 is 1.39 bits per heavy atom. The predicted octanol–water partition coefficient (Wildman–Crippen LogP) is 0.900. The zero-order chi connectivity index (χ0) is 14.3. The molecular formula is C12H24N2O4. The molecule has 1 unspecified atom stereocenters. The third kappa shape index (κ3) is 7.89. The van der Waals surface area contributed by atoms with Crippen LogP contribution in [0, 0.1) is 5.92 Å². The van der Waals surface area contributed by atoms with Crippen LogP contribution in [0.25, 0.3) is 0 Å². The van der Waals surface area contributed by atoms with E-state index in [1.165, 1.54) is 4.90 Å². The monoisotopic (exact) mass is 260 g/mol. The van der Waals surface area contributed by atoms with Crippen LogP contribution in [0.2, 0.25) is 0 Å². The van der Waals surface area contributed by atoms with Crippen molar-refractivity contribution in [2.24, 2.45) is 5.92 Å². The van der Waals surface area contributed by atoms with Crippen LogP contribution in [0.5, 0.6) is 0 Å². The van der Waals surface area contributed by atoms with Crippen LogP contribution in [0.4, 0.5) is 4.79 Å². The molecule has 0 heterocycles. The molecule has 18 heavy (non-hydrogen) atoms. The summed E-state index contributed by atoms with van der Waals surface area (Å²) in [5, 5.41) is 20.9. The highest BCUT2D eigenvalue weighted by Gasteiger charge is 2.21. The van der Waals surface area contributed by atoms with E-state index in [0.717, 1.165) is 0 Å². The van der Waals surface area contributed by atoms with E-state index in [2.05, 4.69) is 5.32 Å². The molecule has 0 saturated heterocycles. The Morgan fingerprint density at radius 2 is 1.94 bits per heavy atom. The molecule has 0 aromatic carbocycles. The third-order valence-corrected chi connectivity index (χ3v) is 2.37. The molecule has 0 rings (SSSR count). The third-order valence-electron chi connectivity index (χ3n) is 2.37. The van der Waals surface area contributed by atoms with Crippen molar-refractivity contribution < 1.29 is 19.8 Å². The van der Waals surface area contributed by atoms with Crippen LogP contribution in [-0.2, 0) is 4.79 Å². The predicted molar refractivity (Wildman–Crippen MR) is 68.4 cm³/mol. The van der Waals surface area contributed by atoms with E-state index in [-0.39, 0.29) is 24.9 Å². The quantitative estimate of drug-likeness (QED) is 0.634. The van der Waals surface area contributed by atoms with Crippen molar-refractivity contribution in [2.45, 2.75) is 39.7 Å². The maximum absolute atomic E-state index is 11.8. The van der Waals surface area contributed by atoms with Crippen molar-refractivity contribution in [2.75, 3.05) is 19.6 Å². The number of aliphatic hydroxyl groups is 1. The van der Waals surface area contributed by atoms with Gasteiger partial charge in [0.25, 0.3) is 0 Å². The fourth-order valence-corrected chi connectivity index (χ4v) is 1.54. The van der Waals surface area contributed by atoms with Gasteiger partial charge in [-0.1, -0.05) is 6.92 Å². The van der Waals surface area contributed by atoms with Gasteiger partial charge in [0.05, 0.1) is 12.1 Å². The average Bonchev–Trinajstić information content (AvgIpc) is 2.20. The lowest BCUT2D eigenvalue weighted by molar-refractivity contribution is -0.137. The summed E-state index contributed by atoms with van der Waals surface area (Å²) in [7, 11) is 0. The molecule has 0 bridgehead atoms. The van der Waals surface area contributed by atoms with Crippen molar-refractivity contribution in [3.05, 3.63) is 0 Å². The number of likely N-dealkylation sites (N-methyl/N-ethyl adjacent to an activating group) is 1. The summed E-state index contributed by atoms with van der Waals surface area (Å²) in [6, 6.07) is -0.281. The normalized spacial score (nSPS) is 12.9. The molecule has 0 saturated carbocycles. The Bertz CT molecular complexity index is 286. The fourth-order valence-electron chi connectivity index (χ4n) is 1.54. The number of hydrogen-bond donors (Lipinski definition) is 3. The number of urea groups is 1. The standard InChI is InChI=1S/C12H24N2O4/c1-5-14(8-12(3,4)18)11(17)13-7-9(2)6-10(15)16/h9,18H,5-8H2,1-4H3,(H,13,17)(H,15,16). The first-order valence-corrected chi connectivity index (χ1v) is 6.12. The minimum absolute atomic E-state index is 0.0257. The number of carbonyl (C=O) groups excluding carboxylic acids is 1. The van der Waals surface area contributed by atoms with E-state index in [9.17, 15) is 14.7 Å². The van der Waals surface area contributed by atoms with Gasteiger partial charge >= 0.3 is 12.0 Å². The van der Waals surface area contributed by atoms with Crippen LogP contribution in [-0.4, -0.2) is 52.3 Å². The first kappa shape index (κ1) is 16.7. The van der Waals surface area contributed by atoms with E-state index in [1.807, 2.05) is 6.92 Å². The lowest BCUT2D eigenvalue weighted by atomic mass is 10.1. The molecule has 0 radical (unpaired) electrons. The number of hydrogen-bond acceptors (Lipinski definition) is 3. The Hall–Kier alpha value is -1.30. The van der Waals surface area contributed by atoms with E-state index in [0.29, 0.717) is 13.1 Å². The van der Waals surface area contributed by atoms with Crippen LogP contribution in [0.3, 0.4) is 0 Å². The van der Waals surface area contributed by atoms with E-state index in [4.69, 9.17) is 5.11 Å². The molecule has 3 N–H and O–H groups in total. The van der Waals surface area contributed by atoms with Crippen LogP contribution < -0.4 is 5.32 Å². The second-order valence-corrected chi connectivity index (χ2v) is 5.22. The first-order valence-electron chi connectivity index (χ1n) is 6.12. The first-order chi connectivity index (χ1) is 8.15. The number of carboxylic acid groups (broad SMARTS) is 1. The Morgan fingerprint density at radius 3 is 2.33 bits per heavy atom. The minimum atomic E-state index is -0.944. The zero-order valence-electron chi connectivity index (χ0n) is 11.6. The highest BCUT2D eigenvalue weighted by atomic mass is 16.4. The molecule has 0 fully saturated rings. The topological polar surface area (TPSA) is 89.9 Å². The molecule has 0 spiro atoms. The molecule has 2 amide bonds. The molecule has 0 aliphatic heterocycles. The summed E-state index contributed by atoms with van der Waals surface area (Å²) in [6.07, 6.45) is 0.0257. The van der Waals surface area contributed by atoms with Gasteiger partial charge in [-0.15, -0.1) is 0 Å². The highest BCUT2D eigenvalue weighted by molar-refractivity contribution is 5.74. The smallest absolute Gasteiger partial charge is 0.317 e. The van der Waals surface area contributed by atoms with Gasteiger partial charge in [0, 0.05) is 19.5 Å². The largest absolute Gasteiger partial charge is 0.481 e. The lowest BCUT2D eigenvalue weighted by Gasteiger charge is -2.28. The van der Waals surface area contributed by atoms with E-state index in [1.54, 1.807) is 20.8 Å². The number of amides is 2. The second kappa shape index (κ2) is 7.20. The number of carboxylic acids is 1. The Kier molecular flexibility index (Phi) is 6.68. The van der Waals surface area contributed by atoms with Gasteiger partial charge < -0.3 is 20.4 Å². The molecule has 106 valence electrons. The Balaban J connectivity index is 4.16. The zero-order valence-corrected chi connectivity index (χ0v) is 11.6. The van der Waals surface area contributed by atoms with Gasteiger partial charge in [-0.05, 0) is 26.7 Å². The van der Waals surface area contributed by atoms with Gasteiger partial charge in [0.2, 0.25) is 0 Å². The van der Waals surface area contributed by atoms with Gasteiger partial charge in [-0.25, -0.2) is 4.79 Å². The molecule has 0 aliphatic carbocycles. The lowest BCUT2D eigenvalue weighted by Crippen LogP contribution is -2.47. The number of nitrogens with one attached hydrogen (secondary N) is 1. The van der Waals surface area contributed by atoms with Gasteiger partial charge in [0.1, 0.15) is 0 Å². The van der Waals surface area contributed by atoms with Crippen LogP contribution in [0.15, 0.2) is 0 Å². The van der Waals surface area contributed by atoms with E-state index >= 15 is 0 Å². The maximum Gasteiger partial charge on any atom is 0.317 e. The van der Waals surface area contributed by atoms with Gasteiger partial charge in [-0.3, -0.25) is 4.79 Å². The summed E-state index contributed by atoms with van der Waals surface area (Å²) in [5.74, 6) is -0.993. The molecule has 6 heteroatoms. The SMILES string of the molecule is CCN(CC(C)(C)O)C(=O)NCC(C)CC(=O)O. The van der Waals surface area contributed by atoms with Crippen molar-refractivity contribution in [1.29, 1.82) is 0 Å². The van der Waals surface area contributed by atoms with Crippen LogP contribution in [0.1, 0.15) is 34.1 Å². The summed E-state index contributed by atoms with van der Waals surface area (Å²) < 4.78 is 0.